The molecule has 0 radical (unpaired) electrons. The van der Waals surface area contributed by atoms with Crippen molar-refractivity contribution in [2.45, 2.75) is 31.7 Å². The van der Waals surface area contributed by atoms with Crippen LogP contribution in [-0.4, -0.2) is 10.8 Å². The molecule has 1 nitrogen and oxygen atoms in total. The lowest BCUT2D eigenvalue weighted by molar-refractivity contribution is 0.608. The maximum Gasteiger partial charge on any atom is 0.0496 e. The van der Waals surface area contributed by atoms with Crippen LogP contribution in [0.25, 0.3) is 10.9 Å². The Morgan fingerprint density at radius 3 is 2.60 bits per heavy atom. The molecular formula is C13H17NS. The number of rotatable bonds is 2. The minimum absolute atomic E-state index is 0.527. The third kappa shape index (κ3) is 1.67. The molecule has 2 heteroatoms. The summed E-state index contributed by atoms with van der Waals surface area (Å²) in [5.74, 6) is 0. The van der Waals surface area contributed by atoms with Crippen LogP contribution in [0.5, 0.6) is 0 Å². The minimum Gasteiger partial charge on any atom is -0.342 e. The van der Waals surface area contributed by atoms with Gasteiger partial charge in [0.25, 0.3) is 0 Å². The second kappa shape index (κ2) is 3.93. The Bertz CT molecular complexity index is 482. The first-order valence-corrected chi connectivity index (χ1v) is 6.52. The van der Waals surface area contributed by atoms with Crippen molar-refractivity contribution in [3.8, 4) is 0 Å². The van der Waals surface area contributed by atoms with Gasteiger partial charge in [-0.3, -0.25) is 0 Å². The van der Waals surface area contributed by atoms with Gasteiger partial charge in [-0.15, -0.1) is 11.8 Å². The van der Waals surface area contributed by atoms with E-state index in [4.69, 9.17) is 0 Å². The molecule has 0 aliphatic carbocycles. The Morgan fingerprint density at radius 1 is 1.27 bits per heavy atom. The molecule has 0 N–H and O–H groups in total. The van der Waals surface area contributed by atoms with Crippen molar-refractivity contribution in [1.82, 2.24) is 4.57 Å². The molecule has 80 valence electrons. The number of benzene rings is 1. The highest BCUT2D eigenvalue weighted by Crippen LogP contribution is 2.30. The molecule has 0 aliphatic rings. The highest BCUT2D eigenvalue weighted by atomic mass is 32.2. The first-order chi connectivity index (χ1) is 7.15. The lowest BCUT2D eigenvalue weighted by Gasteiger charge is -2.12. The van der Waals surface area contributed by atoms with E-state index in [1.807, 2.05) is 11.8 Å². The second-order valence-electron chi connectivity index (χ2n) is 4.14. The van der Waals surface area contributed by atoms with E-state index in [1.54, 1.807) is 0 Å². The van der Waals surface area contributed by atoms with Crippen LogP contribution in [0.2, 0.25) is 0 Å². The molecule has 0 atom stereocenters. The number of thioether (sulfide) groups is 1. The van der Waals surface area contributed by atoms with Crippen molar-refractivity contribution < 1.29 is 0 Å². The van der Waals surface area contributed by atoms with Crippen molar-refractivity contribution in [2.24, 2.45) is 0 Å². The zero-order valence-corrected chi connectivity index (χ0v) is 10.6. The summed E-state index contributed by atoms with van der Waals surface area (Å²) in [7, 11) is 0. The van der Waals surface area contributed by atoms with Crippen LogP contribution in [0.3, 0.4) is 0 Å². The first-order valence-electron chi connectivity index (χ1n) is 5.29. The summed E-state index contributed by atoms with van der Waals surface area (Å²) in [6, 6.07) is 9.37. The summed E-state index contributed by atoms with van der Waals surface area (Å²) in [5.41, 5.74) is 2.70. The lowest BCUT2D eigenvalue weighted by Crippen LogP contribution is -2.01. The smallest absolute Gasteiger partial charge is 0.0496 e. The molecule has 1 heterocycles. The average Bonchev–Trinajstić information content (AvgIpc) is 2.53. The van der Waals surface area contributed by atoms with Crippen LogP contribution in [0.15, 0.2) is 29.2 Å². The Kier molecular flexibility index (Phi) is 2.79. The van der Waals surface area contributed by atoms with Crippen molar-refractivity contribution >= 4 is 22.7 Å². The van der Waals surface area contributed by atoms with Gasteiger partial charge < -0.3 is 4.57 Å². The lowest BCUT2D eigenvalue weighted by atomic mass is 10.2. The topological polar surface area (TPSA) is 4.93 Å². The zero-order chi connectivity index (χ0) is 11.0. The molecule has 15 heavy (non-hydrogen) atoms. The third-order valence-electron chi connectivity index (χ3n) is 2.77. The summed E-state index contributed by atoms with van der Waals surface area (Å²) in [5, 5.41) is 1.39. The van der Waals surface area contributed by atoms with Crippen LogP contribution in [0, 0.1) is 6.92 Å². The quantitative estimate of drug-likeness (QED) is 0.683. The first kappa shape index (κ1) is 10.6. The number of aryl methyl sites for hydroxylation is 1. The van der Waals surface area contributed by atoms with Crippen LogP contribution < -0.4 is 0 Å². The van der Waals surface area contributed by atoms with Crippen LogP contribution in [0.1, 0.15) is 25.6 Å². The van der Waals surface area contributed by atoms with Gasteiger partial charge in [-0.25, -0.2) is 0 Å². The van der Waals surface area contributed by atoms with Gasteiger partial charge in [-0.05, 0) is 45.2 Å². The zero-order valence-electron chi connectivity index (χ0n) is 9.74. The van der Waals surface area contributed by atoms with E-state index in [-0.39, 0.29) is 0 Å². The van der Waals surface area contributed by atoms with Gasteiger partial charge in [0, 0.05) is 27.5 Å². The molecule has 0 aliphatic heterocycles. The molecule has 0 fully saturated rings. The number of hydrogen-bond acceptors (Lipinski definition) is 1. The van der Waals surface area contributed by atoms with Gasteiger partial charge in [0.2, 0.25) is 0 Å². The third-order valence-corrected chi connectivity index (χ3v) is 3.57. The largest absolute Gasteiger partial charge is 0.342 e. The fraction of sp³-hybridized carbons (Fsp3) is 0.385. The summed E-state index contributed by atoms with van der Waals surface area (Å²) in [6.07, 6.45) is 2.14. The van der Waals surface area contributed by atoms with Crippen LogP contribution in [0.4, 0.5) is 0 Å². The maximum absolute atomic E-state index is 2.40. The number of nitrogens with zero attached hydrogens (tertiary/aromatic N) is 1. The summed E-state index contributed by atoms with van der Waals surface area (Å²) in [4.78, 5) is 1.37. The van der Waals surface area contributed by atoms with E-state index < -0.39 is 0 Å². The Balaban J connectivity index is 2.78. The summed E-state index contributed by atoms with van der Waals surface area (Å²) < 4.78 is 2.40. The van der Waals surface area contributed by atoms with Crippen molar-refractivity contribution in [3.05, 3.63) is 30.0 Å². The fourth-order valence-corrected chi connectivity index (χ4v) is 2.82. The van der Waals surface area contributed by atoms with E-state index >= 15 is 0 Å². The van der Waals surface area contributed by atoms with Crippen LogP contribution >= 0.6 is 11.8 Å². The molecule has 2 rings (SSSR count). The second-order valence-corrected chi connectivity index (χ2v) is 4.99. The predicted octanol–water partition coefficient (Wildman–Crippen LogP) is 4.25. The highest BCUT2D eigenvalue weighted by Gasteiger charge is 2.10. The Morgan fingerprint density at radius 2 is 2.00 bits per heavy atom. The molecule has 0 spiro atoms. The molecule has 0 unspecified atom stereocenters. The average molecular weight is 219 g/mol. The molecule has 2 aromatic rings. The minimum atomic E-state index is 0.527. The van der Waals surface area contributed by atoms with Gasteiger partial charge in [-0.1, -0.05) is 6.07 Å². The summed E-state index contributed by atoms with van der Waals surface area (Å²) >= 11 is 1.82. The SMILES string of the molecule is CSc1cccc2c1cc(C)n2C(C)C. The highest BCUT2D eigenvalue weighted by molar-refractivity contribution is 7.98. The van der Waals surface area contributed by atoms with Crippen molar-refractivity contribution in [2.75, 3.05) is 6.26 Å². The van der Waals surface area contributed by atoms with Crippen molar-refractivity contribution in [1.29, 1.82) is 0 Å². The van der Waals surface area contributed by atoms with E-state index in [1.165, 1.54) is 21.5 Å². The van der Waals surface area contributed by atoms with E-state index in [0.717, 1.165) is 0 Å². The summed E-state index contributed by atoms with van der Waals surface area (Å²) in [6.45, 7) is 6.65. The normalized spacial score (nSPS) is 11.5. The van der Waals surface area contributed by atoms with Crippen molar-refractivity contribution in [3.63, 3.8) is 0 Å². The number of hydrogen-bond donors (Lipinski definition) is 0. The predicted molar refractivity (Wildman–Crippen MR) is 68.8 cm³/mol. The maximum atomic E-state index is 2.40. The van der Waals surface area contributed by atoms with E-state index in [9.17, 15) is 0 Å². The van der Waals surface area contributed by atoms with Gasteiger partial charge in [0.05, 0.1) is 0 Å². The molecule has 1 aromatic carbocycles. The van der Waals surface area contributed by atoms with Gasteiger partial charge in [0.15, 0.2) is 0 Å². The number of aromatic nitrogens is 1. The molecule has 0 bridgehead atoms. The molecule has 0 saturated heterocycles. The van der Waals surface area contributed by atoms with Gasteiger partial charge in [0.1, 0.15) is 0 Å². The monoisotopic (exact) mass is 219 g/mol. The standard InChI is InChI=1S/C13H17NS/c1-9(2)14-10(3)8-11-12(14)6-5-7-13(11)15-4/h5-9H,1-4H3. The molecule has 0 amide bonds. The van der Waals surface area contributed by atoms with Gasteiger partial charge in [-0.2, -0.15) is 0 Å². The molecular weight excluding hydrogens is 202 g/mol. The van der Waals surface area contributed by atoms with E-state index in [0.29, 0.717) is 6.04 Å². The molecule has 1 aromatic heterocycles. The fourth-order valence-electron chi connectivity index (χ4n) is 2.22. The number of fused-ring (bicyclic) bond motifs is 1. The van der Waals surface area contributed by atoms with Gasteiger partial charge >= 0.3 is 0 Å². The van der Waals surface area contributed by atoms with Crippen LogP contribution in [-0.2, 0) is 0 Å². The van der Waals surface area contributed by atoms with E-state index in [2.05, 4.69) is 55.9 Å². The Labute approximate surface area is 95.5 Å². The molecule has 0 saturated carbocycles. The Hall–Kier alpha value is -0.890.